The van der Waals surface area contributed by atoms with Gasteiger partial charge in [-0.3, -0.25) is 0 Å². The molecule has 0 saturated heterocycles. The number of anilines is 2. The summed E-state index contributed by atoms with van der Waals surface area (Å²) in [5.74, 6) is 1.70. The van der Waals surface area contributed by atoms with E-state index < -0.39 is 5.60 Å². The summed E-state index contributed by atoms with van der Waals surface area (Å²) in [7, 11) is 0. The molecule has 0 spiro atoms. The van der Waals surface area contributed by atoms with Gasteiger partial charge in [0.2, 0.25) is 0 Å². The first-order valence-corrected chi connectivity index (χ1v) is 8.16. The summed E-state index contributed by atoms with van der Waals surface area (Å²) in [6, 6.07) is 0. The van der Waals surface area contributed by atoms with Crippen LogP contribution in [0, 0.1) is 6.92 Å². The second-order valence-corrected chi connectivity index (χ2v) is 6.11. The highest BCUT2D eigenvalue weighted by Gasteiger charge is 2.28. The van der Waals surface area contributed by atoms with Crippen molar-refractivity contribution in [2.24, 2.45) is 0 Å². The minimum absolute atomic E-state index is 0.568. The summed E-state index contributed by atoms with van der Waals surface area (Å²) < 4.78 is 0. The van der Waals surface area contributed by atoms with Crippen molar-refractivity contribution in [1.29, 1.82) is 0 Å². The zero-order valence-corrected chi connectivity index (χ0v) is 13.3. The van der Waals surface area contributed by atoms with Gasteiger partial charge in [0.1, 0.15) is 18.0 Å². The average Bonchev–Trinajstić information content (AvgIpc) is 2.70. The van der Waals surface area contributed by atoms with Gasteiger partial charge in [-0.25, -0.2) is 9.97 Å². The molecule has 1 aliphatic rings. The Morgan fingerprint density at radius 1 is 1.10 bits per heavy atom. The van der Waals surface area contributed by atoms with Gasteiger partial charge < -0.3 is 15.7 Å². The Balaban J connectivity index is 1.98. The molecular formula is C16H28N4O. The van der Waals surface area contributed by atoms with Crippen molar-refractivity contribution in [2.45, 2.75) is 64.4 Å². The Hall–Kier alpha value is -1.36. The fourth-order valence-corrected chi connectivity index (χ4v) is 2.86. The highest BCUT2D eigenvalue weighted by atomic mass is 16.3. The van der Waals surface area contributed by atoms with E-state index in [2.05, 4.69) is 27.5 Å². The van der Waals surface area contributed by atoms with Gasteiger partial charge in [0.15, 0.2) is 0 Å². The molecule has 0 aromatic carbocycles. The summed E-state index contributed by atoms with van der Waals surface area (Å²) in [5.41, 5.74) is 0.424. The monoisotopic (exact) mass is 292 g/mol. The van der Waals surface area contributed by atoms with E-state index >= 15 is 0 Å². The molecule has 2 rings (SSSR count). The van der Waals surface area contributed by atoms with E-state index in [1.165, 1.54) is 12.8 Å². The van der Waals surface area contributed by atoms with Crippen LogP contribution in [0.15, 0.2) is 6.33 Å². The second-order valence-electron chi connectivity index (χ2n) is 6.11. The lowest BCUT2D eigenvalue weighted by Crippen LogP contribution is -2.36. The zero-order chi connectivity index (χ0) is 15.1. The van der Waals surface area contributed by atoms with Crippen molar-refractivity contribution in [3.63, 3.8) is 0 Å². The van der Waals surface area contributed by atoms with Crippen LogP contribution in [0.3, 0.4) is 0 Å². The lowest BCUT2D eigenvalue weighted by atomic mass is 9.94. The first-order valence-electron chi connectivity index (χ1n) is 8.16. The molecule has 0 aliphatic heterocycles. The molecule has 0 bridgehead atoms. The molecule has 1 aromatic rings. The lowest BCUT2D eigenvalue weighted by molar-refractivity contribution is 0.0380. The number of aliphatic hydroxyl groups is 1. The van der Waals surface area contributed by atoms with E-state index in [9.17, 15) is 5.11 Å². The van der Waals surface area contributed by atoms with Crippen LogP contribution in [0.1, 0.15) is 57.4 Å². The number of nitrogens with one attached hydrogen (secondary N) is 2. The van der Waals surface area contributed by atoms with Crippen LogP contribution >= 0.6 is 0 Å². The molecule has 0 atom stereocenters. The lowest BCUT2D eigenvalue weighted by Gasteiger charge is -2.27. The minimum Gasteiger partial charge on any atom is -0.388 e. The van der Waals surface area contributed by atoms with Crippen LogP contribution < -0.4 is 10.6 Å². The van der Waals surface area contributed by atoms with Crippen molar-refractivity contribution >= 4 is 11.6 Å². The molecule has 3 N–H and O–H groups in total. The van der Waals surface area contributed by atoms with E-state index in [4.69, 9.17) is 0 Å². The molecule has 5 nitrogen and oxygen atoms in total. The SMILES string of the molecule is CCCNc1ncnc(NCC2(O)CCCCCC2)c1C. The van der Waals surface area contributed by atoms with Gasteiger partial charge in [-0.15, -0.1) is 0 Å². The fourth-order valence-electron chi connectivity index (χ4n) is 2.86. The first kappa shape index (κ1) is 16.0. The Labute approximate surface area is 127 Å². The number of aromatic nitrogens is 2. The Kier molecular flexibility index (Phi) is 5.79. The summed E-state index contributed by atoms with van der Waals surface area (Å²) in [4.78, 5) is 8.59. The standard InChI is InChI=1S/C16H28N4O/c1-3-10-17-14-13(2)15(20-12-19-14)18-11-16(21)8-6-4-5-7-9-16/h12,21H,3-11H2,1-2H3,(H2,17,18,19,20). The highest BCUT2D eigenvalue weighted by molar-refractivity contribution is 5.56. The molecule has 5 heteroatoms. The van der Waals surface area contributed by atoms with E-state index in [0.717, 1.165) is 55.8 Å². The summed E-state index contributed by atoms with van der Waals surface area (Å²) in [6.45, 7) is 5.61. The van der Waals surface area contributed by atoms with Gasteiger partial charge in [0.25, 0.3) is 0 Å². The van der Waals surface area contributed by atoms with E-state index in [1.807, 2.05) is 6.92 Å². The van der Waals surface area contributed by atoms with Crippen molar-refractivity contribution < 1.29 is 5.11 Å². The third kappa shape index (κ3) is 4.56. The van der Waals surface area contributed by atoms with Crippen molar-refractivity contribution in [1.82, 2.24) is 9.97 Å². The normalized spacial score (nSPS) is 18.0. The van der Waals surface area contributed by atoms with Crippen molar-refractivity contribution in [3.8, 4) is 0 Å². The molecular weight excluding hydrogens is 264 g/mol. The molecule has 1 aliphatic carbocycles. The number of hydrogen-bond acceptors (Lipinski definition) is 5. The number of nitrogens with zero attached hydrogens (tertiary/aromatic N) is 2. The van der Waals surface area contributed by atoms with Gasteiger partial charge in [-0.05, 0) is 26.2 Å². The molecule has 1 saturated carbocycles. The summed E-state index contributed by atoms with van der Waals surface area (Å²) in [6.07, 6.45) is 9.10. The first-order chi connectivity index (χ1) is 10.1. The third-order valence-electron chi connectivity index (χ3n) is 4.25. The van der Waals surface area contributed by atoms with Crippen molar-refractivity contribution in [2.75, 3.05) is 23.7 Å². The van der Waals surface area contributed by atoms with Crippen molar-refractivity contribution in [3.05, 3.63) is 11.9 Å². The predicted octanol–water partition coefficient (Wildman–Crippen LogP) is 3.10. The largest absolute Gasteiger partial charge is 0.388 e. The Bertz CT molecular complexity index is 442. The maximum atomic E-state index is 10.7. The van der Waals surface area contributed by atoms with Gasteiger partial charge in [-0.1, -0.05) is 32.6 Å². The molecule has 1 heterocycles. The fraction of sp³-hybridized carbons (Fsp3) is 0.750. The maximum absolute atomic E-state index is 10.7. The molecule has 0 radical (unpaired) electrons. The molecule has 0 amide bonds. The Morgan fingerprint density at radius 3 is 2.33 bits per heavy atom. The average molecular weight is 292 g/mol. The third-order valence-corrected chi connectivity index (χ3v) is 4.25. The maximum Gasteiger partial charge on any atom is 0.134 e. The van der Waals surface area contributed by atoms with Gasteiger partial charge in [0.05, 0.1) is 5.60 Å². The zero-order valence-electron chi connectivity index (χ0n) is 13.3. The Morgan fingerprint density at radius 2 is 1.71 bits per heavy atom. The summed E-state index contributed by atoms with van der Waals surface area (Å²) in [5, 5.41) is 17.3. The quantitative estimate of drug-likeness (QED) is 0.703. The second kappa shape index (κ2) is 7.59. The van der Waals surface area contributed by atoms with Gasteiger partial charge >= 0.3 is 0 Å². The van der Waals surface area contributed by atoms with Crippen LogP contribution in [0.2, 0.25) is 0 Å². The van der Waals surface area contributed by atoms with Crippen LogP contribution in [0.25, 0.3) is 0 Å². The minimum atomic E-state index is -0.592. The van der Waals surface area contributed by atoms with E-state index in [1.54, 1.807) is 6.33 Å². The van der Waals surface area contributed by atoms with E-state index in [0.29, 0.717) is 6.54 Å². The van der Waals surface area contributed by atoms with E-state index in [-0.39, 0.29) is 0 Å². The van der Waals surface area contributed by atoms with Gasteiger partial charge in [0, 0.05) is 18.7 Å². The smallest absolute Gasteiger partial charge is 0.134 e. The number of hydrogen-bond donors (Lipinski definition) is 3. The summed E-state index contributed by atoms with van der Waals surface area (Å²) >= 11 is 0. The van der Waals surface area contributed by atoms with Gasteiger partial charge in [-0.2, -0.15) is 0 Å². The van der Waals surface area contributed by atoms with Crippen LogP contribution in [-0.4, -0.2) is 33.8 Å². The predicted molar refractivity (Wildman–Crippen MR) is 86.7 cm³/mol. The molecule has 0 unspecified atom stereocenters. The van der Waals surface area contributed by atoms with Crippen LogP contribution in [0.5, 0.6) is 0 Å². The van der Waals surface area contributed by atoms with Crippen LogP contribution in [0.4, 0.5) is 11.6 Å². The molecule has 1 fully saturated rings. The molecule has 21 heavy (non-hydrogen) atoms. The highest BCUT2D eigenvalue weighted by Crippen LogP contribution is 2.28. The number of rotatable bonds is 6. The molecule has 118 valence electrons. The van der Waals surface area contributed by atoms with Crippen LogP contribution in [-0.2, 0) is 0 Å². The molecule has 1 aromatic heterocycles. The topological polar surface area (TPSA) is 70.1 Å².